The van der Waals surface area contributed by atoms with E-state index in [0.29, 0.717) is 0 Å². The van der Waals surface area contributed by atoms with Crippen molar-refractivity contribution in [1.82, 2.24) is 9.78 Å². The molecule has 0 fully saturated rings. The normalized spacial score (nSPS) is 10.8. The van der Waals surface area contributed by atoms with E-state index in [1.165, 1.54) is 17.0 Å². The number of rotatable bonds is 6. The molecule has 1 aromatic heterocycles. The number of anilines is 1. The van der Waals surface area contributed by atoms with Crippen molar-refractivity contribution in [2.75, 3.05) is 5.73 Å². The lowest BCUT2D eigenvalue weighted by Gasteiger charge is -2.06. The molecule has 102 valence electrons. The molecule has 0 spiro atoms. The van der Waals surface area contributed by atoms with Gasteiger partial charge in [-0.3, -0.25) is 4.68 Å². The Balaban J connectivity index is 1.91. The van der Waals surface area contributed by atoms with Gasteiger partial charge in [0.15, 0.2) is 0 Å². The highest BCUT2D eigenvalue weighted by molar-refractivity contribution is 5.39. The summed E-state index contributed by atoms with van der Waals surface area (Å²) in [6.07, 6.45) is 4.25. The van der Waals surface area contributed by atoms with E-state index < -0.39 is 0 Å². The maximum atomic E-state index is 5.69. The molecule has 0 amide bonds. The molecule has 0 saturated carbocycles. The third-order valence-electron chi connectivity index (χ3n) is 3.45. The standard InChI is InChI=1S/C16H23N3/c1-3-15-12-16(4-2)19(18-15)11-5-6-13-7-9-14(17)10-8-13/h7-10,12H,3-6,11,17H2,1-2H3. The van der Waals surface area contributed by atoms with E-state index in [1.54, 1.807) is 0 Å². The molecule has 0 saturated heterocycles. The summed E-state index contributed by atoms with van der Waals surface area (Å²) >= 11 is 0. The molecule has 0 aliphatic heterocycles. The van der Waals surface area contributed by atoms with Gasteiger partial charge in [-0.2, -0.15) is 5.10 Å². The fourth-order valence-electron chi connectivity index (χ4n) is 2.28. The predicted octanol–water partition coefficient (Wildman–Crippen LogP) is 3.22. The Labute approximate surface area is 115 Å². The summed E-state index contributed by atoms with van der Waals surface area (Å²) in [7, 11) is 0. The fourth-order valence-corrected chi connectivity index (χ4v) is 2.28. The van der Waals surface area contributed by atoms with Crippen molar-refractivity contribution in [2.24, 2.45) is 0 Å². The van der Waals surface area contributed by atoms with E-state index in [9.17, 15) is 0 Å². The first-order chi connectivity index (χ1) is 9.22. The lowest BCUT2D eigenvalue weighted by molar-refractivity contribution is 0.552. The van der Waals surface area contributed by atoms with Crippen LogP contribution in [0.25, 0.3) is 0 Å². The Kier molecular flexibility index (Phi) is 4.61. The third kappa shape index (κ3) is 3.60. The summed E-state index contributed by atoms with van der Waals surface area (Å²) in [6, 6.07) is 10.4. The molecule has 19 heavy (non-hydrogen) atoms. The Morgan fingerprint density at radius 1 is 1.11 bits per heavy atom. The van der Waals surface area contributed by atoms with Crippen molar-refractivity contribution in [3.05, 3.63) is 47.3 Å². The molecule has 3 nitrogen and oxygen atoms in total. The van der Waals surface area contributed by atoms with Crippen LogP contribution in [-0.2, 0) is 25.8 Å². The topological polar surface area (TPSA) is 43.8 Å². The molecule has 1 heterocycles. The molecule has 2 aromatic rings. The Morgan fingerprint density at radius 3 is 2.47 bits per heavy atom. The molecule has 2 rings (SSSR count). The van der Waals surface area contributed by atoms with Crippen LogP contribution in [-0.4, -0.2) is 9.78 Å². The lowest BCUT2D eigenvalue weighted by atomic mass is 10.1. The van der Waals surface area contributed by atoms with Gasteiger partial charge in [0.2, 0.25) is 0 Å². The molecule has 2 N–H and O–H groups in total. The van der Waals surface area contributed by atoms with E-state index in [0.717, 1.165) is 37.9 Å². The summed E-state index contributed by atoms with van der Waals surface area (Å²) < 4.78 is 2.16. The molecule has 0 unspecified atom stereocenters. The van der Waals surface area contributed by atoms with Crippen LogP contribution in [0.3, 0.4) is 0 Å². The first-order valence-corrected chi connectivity index (χ1v) is 7.13. The minimum atomic E-state index is 0.830. The largest absolute Gasteiger partial charge is 0.399 e. The third-order valence-corrected chi connectivity index (χ3v) is 3.45. The molecule has 0 aliphatic rings. The highest BCUT2D eigenvalue weighted by Gasteiger charge is 2.04. The van der Waals surface area contributed by atoms with Gasteiger partial charge in [-0.25, -0.2) is 0 Å². The zero-order valence-corrected chi connectivity index (χ0v) is 11.9. The summed E-state index contributed by atoms with van der Waals surface area (Å²) in [5, 5.41) is 4.64. The summed E-state index contributed by atoms with van der Waals surface area (Å²) in [4.78, 5) is 0. The van der Waals surface area contributed by atoms with E-state index in [1.807, 2.05) is 12.1 Å². The number of aryl methyl sites for hydroxylation is 4. The van der Waals surface area contributed by atoms with Gasteiger partial charge in [0.05, 0.1) is 5.69 Å². The van der Waals surface area contributed by atoms with Gasteiger partial charge < -0.3 is 5.73 Å². The van der Waals surface area contributed by atoms with Gasteiger partial charge in [0, 0.05) is 17.9 Å². The monoisotopic (exact) mass is 257 g/mol. The molecular formula is C16H23N3. The van der Waals surface area contributed by atoms with E-state index >= 15 is 0 Å². The number of nitrogens with two attached hydrogens (primary N) is 1. The maximum absolute atomic E-state index is 5.69. The first kappa shape index (κ1) is 13.7. The maximum Gasteiger partial charge on any atom is 0.0624 e. The van der Waals surface area contributed by atoms with Crippen LogP contribution in [0.5, 0.6) is 0 Å². The average molecular weight is 257 g/mol. The van der Waals surface area contributed by atoms with Crippen molar-refractivity contribution in [3.63, 3.8) is 0 Å². The molecular weight excluding hydrogens is 234 g/mol. The van der Waals surface area contributed by atoms with Gasteiger partial charge in [-0.1, -0.05) is 26.0 Å². The predicted molar refractivity (Wildman–Crippen MR) is 80.2 cm³/mol. The number of aromatic nitrogens is 2. The van der Waals surface area contributed by atoms with Crippen molar-refractivity contribution in [1.29, 1.82) is 0 Å². The average Bonchev–Trinajstić information content (AvgIpc) is 2.83. The number of nitrogens with zero attached hydrogens (tertiary/aromatic N) is 2. The SMILES string of the molecule is CCc1cc(CC)n(CCCc2ccc(N)cc2)n1. The van der Waals surface area contributed by atoms with Crippen LogP contribution in [0.4, 0.5) is 5.69 Å². The van der Waals surface area contributed by atoms with Gasteiger partial charge in [-0.15, -0.1) is 0 Å². The van der Waals surface area contributed by atoms with Crippen molar-refractivity contribution in [2.45, 2.75) is 46.1 Å². The van der Waals surface area contributed by atoms with E-state index in [-0.39, 0.29) is 0 Å². The minimum absolute atomic E-state index is 0.830. The summed E-state index contributed by atoms with van der Waals surface area (Å²) in [5.41, 5.74) is 10.4. The summed E-state index contributed by atoms with van der Waals surface area (Å²) in [6.45, 7) is 5.33. The first-order valence-electron chi connectivity index (χ1n) is 7.13. The summed E-state index contributed by atoms with van der Waals surface area (Å²) in [5.74, 6) is 0. The Hall–Kier alpha value is -1.77. The second-order valence-corrected chi connectivity index (χ2v) is 4.90. The molecule has 0 radical (unpaired) electrons. The molecule has 0 atom stereocenters. The van der Waals surface area contributed by atoms with Crippen LogP contribution < -0.4 is 5.73 Å². The quantitative estimate of drug-likeness (QED) is 0.807. The highest BCUT2D eigenvalue weighted by atomic mass is 15.3. The number of hydrogen-bond acceptors (Lipinski definition) is 2. The van der Waals surface area contributed by atoms with Crippen LogP contribution in [0.15, 0.2) is 30.3 Å². The van der Waals surface area contributed by atoms with Crippen LogP contribution >= 0.6 is 0 Å². The van der Waals surface area contributed by atoms with Gasteiger partial charge >= 0.3 is 0 Å². The van der Waals surface area contributed by atoms with Crippen molar-refractivity contribution < 1.29 is 0 Å². The zero-order valence-electron chi connectivity index (χ0n) is 11.9. The van der Waals surface area contributed by atoms with Crippen molar-refractivity contribution >= 4 is 5.69 Å². The number of hydrogen-bond donors (Lipinski definition) is 1. The minimum Gasteiger partial charge on any atom is -0.399 e. The van der Waals surface area contributed by atoms with Gasteiger partial charge in [0.25, 0.3) is 0 Å². The molecule has 0 bridgehead atoms. The van der Waals surface area contributed by atoms with E-state index in [2.05, 4.69) is 41.8 Å². The number of benzene rings is 1. The Bertz CT molecular complexity index is 511. The van der Waals surface area contributed by atoms with Gasteiger partial charge in [-0.05, 0) is 49.4 Å². The van der Waals surface area contributed by atoms with E-state index in [4.69, 9.17) is 5.73 Å². The van der Waals surface area contributed by atoms with Crippen LogP contribution in [0.2, 0.25) is 0 Å². The number of nitrogen functional groups attached to an aromatic ring is 1. The Morgan fingerprint density at radius 2 is 1.84 bits per heavy atom. The molecule has 1 aromatic carbocycles. The zero-order chi connectivity index (χ0) is 13.7. The van der Waals surface area contributed by atoms with Gasteiger partial charge in [0.1, 0.15) is 0 Å². The highest BCUT2D eigenvalue weighted by Crippen LogP contribution is 2.11. The van der Waals surface area contributed by atoms with Crippen LogP contribution in [0, 0.1) is 0 Å². The lowest BCUT2D eigenvalue weighted by Crippen LogP contribution is -2.05. The second kappa shape index (κ2) is 6.41. The molecule has 3 heteroatoms. The molecule has 0 aliphatic carbocycles. The fraction of sp³-hybridized carbons (Fsp3) is 0.438. The second-order valence-electron chi connectivity index (χ2n) is 4.90. The van der Waals surface area contributed by atoms with Crippen molar-refractivity contribution in [3.8, 4) is 0 Å². The van der Waals surface area contributed by atoms with Crippen LogP contribution in [0.1, 0.15) is 37.2 Å². The smallest absolute Gasteiger partial charge is 0.0624 e.